The fourth-order valence-corrected chi connectivity index (χ4v) is 3.95. The molecule has 0 spiro atoms. The SMILES string of the molecule is NS(=O)(=O)c1cccc(NC(=O)CC2=CCNC(=O)c3[nH]c4ccccc4c32)c1. The molecule has 0 atom stereocenters. The summed E-state index contributed by atoms with van der Waals surface area (Å²) in [5.74, 6) is -0.572. The summed E-state index contributed by atoms with van der Waals surface area (Å²) in [5, 5.41) is 11.5. The molecule has 1 aliphatic heterocycles. The molecular weight excluding hydrogens is 392 g/mol. The van der Waals surface area contributed by atoms with E-state index in [9.17, 15) is 18.0 Å². The van der Waals surface area contributed by atoms with E-state index >= 15 is 0 Å². The molecule has 2 heterocycles. The summed E-state index contributed by atoms with van der Waals surface area (Å²) in [6.07, 6.45) is 1.83. The van der Waals surface area contributed by atoms with Crippen LogP contribution in [0.4, 0.5) is 5.69 Å². The summed E-state index contributed by atoms with van der Waals surface area (Å²) in [5.41, 5.74) is 2.95. The van der Waals surface area contributed by atoms with Crippen molar-refractivity contribution >= 4 is 44.0 Å². The second-order valence-corrected chi connectivity index (χ2v) is 8.22. The zero-order chi connectivity index (χ0) is 20.6. The number of amides is 2. The van der Waals surface area contributed by atoms with Gasteiger partial charge in [0.15, 0.2) is 0 Å². The molecule has 9 heteroatoms. The first kappa shape index (κ1) is 18.9. The van der Waals surface area contributed by atoms with E-state index in [2.05, 4.69) is 15.6 Å². The Morgan fingerprint density at radius 3 is 2.72 bits per heavy atom. The molecule has 29 heavy (non-hydrogen) atoms. The lowest BCUT2D eigenvalue weighted by Gasteiger charge is -2.09. The van der Waals surface area contributed by atoms with Crippen LogP contribution in [0.15, 0.2) is 59.5 Å². The number of primary sulfonamides is 1. The molecule has 2 aromatic carbocycles. The van der Waals surface area contributed by atoms with Crippen LogP contribution in [0.3, 0.4) is 0 Å². The van der Waals surface area contributed by atoms with Crippen LogP contribution in [0, 0.1) is 0 Å². The number of nitrogens with one attached hydrogen (secondary N) is 3. The lowest BCUT2D eigenvalue weighted by Crippen LogP contribution is -2.22. The zero-order valence-corrected chi connectivity index (χ0v) is 16.0. The van der Waals surface area contributed by atoms with Crippen LogP contribution in [0.25, 0.3) is 16.5 Å². The fraction of sp³-hybridized carbons (Fsp3) is 0.100. The number of carbonyl (C=O) groups is 2. The number of aromatic nitrogens is 1. The number of rotatable bonds is 4. The van der Waals surface area contributed by atoms with E-state index in [4.69, 9.17) is 5.14 Å². The van der Waals surface area contributed by atoms with Crippen molar-refractivity contribution in [2.45, 2.75) is 11.3 Å². The number of fused-ring (bicyclic) bond motifs is 3. The van der Waals surface area contributed by atoms with Gasteiger partial charge in [-0.3, -0.25) is 9.59 Å². The van der Waals surface area contributed by atoms with Crippen molar-refractivity contribution in [3.05, 3.63) is 65.9 Å². The zero-order valence-electron chi connectivity index (χ0n) is 15.2. The van der Waals surface area contributed by atoms with Crippen molar-refractivity contribution in [1.29, 1.82) is 0 Å². The highest BCUT2D eigenvalue weighted by Crippen LogP contribution is 2.32. The van der Waals surface area contributed by atoms with E-state index in [1.165, 1.54) is 18.2 Å². The van der Waals surface area contributed by atoms with Crippen LogP contribution in [0.1, 0.15) is 22.5 Å². The Morgan fingerprint density at radius 2 is 1.93 bits per heavy atom. The highest BCUT2D eigenvalue weighted by atomic mass is 32.2. The monoisotopic (exact) mass is 410 g/mol. The van der Waals surface area contributed by atoms with Gasteiger partial charge in [-0.2, -0.15) is 0 Å². The Balaban J connectivity index is 1.63. The van der Waals surface area contributed by atoms with Gasteiger partial charge in [0.25, 0.3) is 5.91 Å². The Labute approximate surface area is 166 Å². The summed E-state index contributed by atoms with van der Waals surface area (Å²) in [6.45, 7) is 0.305. The number of para-hydroxylation sites is 1. The van der Waals surface area contributed by atoms with Gasteiger partial charge in [0.2, 0.25) is 15.9 Å². The molecule has 0 saturated carbocycles. The standard InChI is InChI=1S/C20H18N4O4S/c21-29(27,28)14-5-3-4-13(11-14)23-17(25)10-12-8-9-22-20(26)19-18(12)15-6-1-2-7-16(15)24-19/h1-8,11,24H,9-10H2,(H,22,26)(H,23,25)(H2,21,27,28). The summed E-state index contributed by atoms with van der Waals surface area (Å²) in [7, 11) is -3.87. The number of carbonyl (C=O) groups excluding carboxylic acids is 2. The minimum atomic E-state index is -3.87. The van der Waals surface area contributed by atoms with Crippen molar-refractivity contribution in [1.82, 2.24) is 10.3 Å². The van der Waals surface area contributed by atoms with Crippen LogP contribution in [0.5, 0.6) is 0 Å². The molecule has 0 saturated heterocycles. The van der Waals surface area contributed by atoms with Crippen LogP contribution in [-0.2, 0) is 14.8 Å². The molecule has 3 aromatic rings. The predicted octanol–water partition coefficient (Wildman–Crippen LogP) is 1.97. The van der Waals surface area contributed by atoms with Gasteiger partial charge in [-0.05, 0) is 29.8 Å². The highest BCUT2D eigenvalue weighted by molar-refractivity contribution is 7.89. The summed E-state index contributed by atoms with van der Waals surface area (Å²) in [6, 6.07) is 13.2. The maximum absolute atomic E-state index is 12.7. The molecular formula is C20H18N4O4S. The quantitative estimate of drug-likeness (QED) is 0.523. The number of nitrogens with two attached hydrogens (primary N) is 1. The van der Waals surface area contributed by atoms with Crippen LogP contribution in [-0.4, -0.2) is 31.8 Å². The molecule has 0 unspecified atom stereocenters. The second kappa shape index (κ2) is 7.19. The molecule has 0 aliphatic carbocycles. The van der Waals surface area contributed by atoms with Crippen LogP contribution >= 0.6 is 0 Å². The van der Waals surface area contributed by atoms with E-state index in [0.717, 1.165) is 10.9 Å². The molecule has 1 aromatic heterocycles. The number of anilines is 1. The molecule has 0 radical (unpaired) electrons. The van der Waals surface area contributed by atoms with Crippen molar-refractivity contribution in [2.24, 2.45) is 5.14 Å². The van der Waals surface area contributed by atoms with E-state index in [0.29, 0.717) is 29.1 Å². The van der Waals surface area contributed by atoms with Gasteiger partial charge in [-0.15, -0.1) is 0 Å². The fourth-order valence-electron chi connectivity index (χ4n) is 3.39. The summed E-state index contributed by atoms with van der Waals surface area (Å²) in [4.78, 5) is 28.1. The second-order valence-electron chi connectivity index (χ2n) is 6.66. The first-order valence-corrected chi connectivity index (χ1v) is 10.4. The Hall–Kier alpha value is -3.43. The molecule has 2 amide bonds. The van der Waals surface area contributed by atoms with Gasteiger partial charge >= 0.3 is 0 Å². The van der Waals surface area contributed by atoms with Crippen molar-refractivity contribution in [3.63, 3.8) is 0 Å². The minimum Gasteiger partial charge on any atom is -0.350 e. The largest absolute Gasteiger partial charge is 0.350 e. The third kappa shape index (κ3) is 3.78. The summed E-state index contributed by atoms with van der Waals surface area (Å²) >= 11 is 0. The van der Waals surface area contributed by atoms with Crippen molar-refractivity contribution in [3.8, 4) is 0 Å². The minimum absolute atomic E-state index is 0.0173. The van der Waals surface area contributed by atoms with Crippen LogP contribution < -0.4 is 15.8 Å². The third-order valence-electron chi connectivity index (χ3n) is 4.66. The van der Waals surface area contributed by atoms with Gasteiger partial charge in [0, 0.05) is 28.7 Å². The van der Waals surface area contributed by atoms with Gasteiger partial charge in [0.05, 0.1) is 11.3 Å². The molecule has 8 nitrogen and oxygen atoms in total. The van der Waals surface area contributed by atoms with E-state index in [1.807, 2.05) is 30.3 Å². The summed E-state index contributed by atoms with van der Waals surface area (Å²) < 4.78 is 23.0. The molecule has 148 valence electrons. The lowest BCUT2D eigenvalue weighted by molar-refractivity contribution is -0.115. The number of aromatic amines is 1. The van der Waals surface area contributed by atoms with Crippen molar-refractivity contribution < 1.29 is 18.0 Å². The molecule has 0 bridgehead atoms. The first-order chi connectivity index (χ1) is 13.8. The molecule has 0 fully saturated rings. The Morgan fingerprint density at radius 1 is 1.14 bits per heavy atom. The third-order valence-corrected chi connectivity index (χ3v) is 5.57. The van der Waals surface area contributed by atoms with E-state index in [1.54, 1.807) is 6.07 Å². The van der Waals surface area contributed by atoms with E-state index < -0.39 is 10.0 Å². The lowest BCUT2D eigenvalue weighted by atomic mass is 9.98. The Kier molecular flexibility index (Phi) is 4.69. The van der Waals surface area contributed by atoms with Gasteiger partial charge in [0.1, 0.15) is 5.69 Å². The molecule has 4 rings (SSSR count). The maximum Gasteiger partial charge on any atom is 0.268 e. The van der Waals surface area contributed by atoms with Crippen LogP contribution in [0.2, 0.25) is 0 Å². The Bertz CT molecular complexity index is 1270. The predicted molar refractivity (Wildman–Crippen MR) is 110 cm³/mol. The maximum atomic E-state index is 12.7. The van der Waals surface area contributed by atoms with Gasteiger partial charge in [-0.25, -0.2) is 13.6 Å². The topological polar surface area (TPSA) is 134 Å². The normalized spacial score (nSPS) is 14.0. The number of hydrogen-bond acceptors (Lipinski definition) is 4. The van der Waals surface area contributed by atoms with E-state index in [-0.39, 0.29) is 23.1 Å². The highest BCUT2D eigenvalue weighted by Gasteiger charge is 2.24. The number of hydrogen-bond donors (Lipinski definition) is 4. The smallest absolute Gasteiger partial charge is 0.268 e. The number of H-pyrrole nitrogens is 1. The number of benzene rings is 2. The molecule has 1 aliphatic rings. The average molecular weight is 410 g/mol. The average Bonchev–Trinajstić information content (AvgIpc) is 2.99. The molecule has 5 N–H and O–H groups in total. The van der Waals surface area contributed by atoms with Gasteiger partial charge in [-0.1, -0.05) is 30.3 Å². The number of sulfonamides is 1. The van der Waals surface area contributed by atoms with Gasteiger partial charge < -0.3 is 15.6 Å². The van der Waals surface area contributed by atoms with Crippen molar-refractivity contribution in [2.75, 3.05) is 11.9 Å². The first-order valence-electron chi connectivity index (χ1n) is 8.84.